The van der Waals surface area contributed by atoms with Crippen LogP contribution in [0.25, 0.3) is 16.6 Å². The van der Waals surface area contributed by atoms with E-state index in [1.807, 2.05) is 0 Å². The van der Waals surface area contributed by atoms with E-state index in [4.69, 9.17) is 0 Å². The van der Waals surface area contributed by atoms with Crippen molar-refractivity contribution in [2.75, 3.05) is 25.0 Å². The molecule has 0 radical (unpaired) electrons. The highest BCUT2D eigenvalue weighted by molar-refractivity contribution is 5.94. The lowest BCUT2D eigenvalue weighted by Gasteiger charge is -2.25. The molecule has 1 unspecified atom stereocenters. The maximum absolute atomic E-state index is 15.1. The van der Waals surface area contributed by atoms with Gasteiger partial charge in [0.1, 0.15) is 17.2 Å². The van der Waals surface area contributed by atoms with Crippen molar-refractivity contribution in [1.29, 1.82) is 0 Å². The summed E-state index contributed by atoms with van der Waals surface area (Å²) in [7, 11) is 1.70. The number of carbonyl (C=O) groups is 2. The Bertz CT molecular complexity index is 1290. The zero-order valence-corrected chi connectivity index (χ0v) is 17.5. The molecule has 0 bridgehead atoms. The van der Waals surface area contributed by atoms with Crippen molar-refractivity contribution in [2.45, 2.75) is 19.4 Å². The molecule has 1 amide bonds. The predicted molar refractivity (Wildman–Crippen MR) is 115 cm³/mol. The van der Waals surface area contributed by atoms with Crippen LogP contribution in [0.2, 0.25) is 0 Å². The summed E-state index contributed by atoms with van der Waals surface area (Å²) in [5.41, 5.74) is -0.348. The molecule has 1 aliphatic rings. The third kappa shape index (κ3) is 3.70. The van der Waals surface area contributed by atoms with E-state index in [1.165, 1.54) is 41.8 Å². The van der Waals surface area contributed by atoms with Gasteiger partial charge in [-0.2, -0.15) is 0 Å². The molecule has 1 saturated heterocycles. The van der Waals surface area contributed by atoms with Crippen LogP contribution in [0.3, 0.4) is 0 Å². The van der Waals surface area contributed by atoms with Gasteiger partial charge in [-0.3, -0.25) is 9.59 Å². The molecule has 0 aliphatic carbocycles. The number of likely N-dealkylation sites (N-methyl/N-ethyl adjacent to an activating group) is 1. The molecule has 1 aromatic heterocycles. The number of fused-ring (bicyclic) bond motifs is 1. The van der Waals surface area contributed by atoms with Crippen molar-refractivity contribution in [1.82, 2.24) is 9.47 Å². The summed E-state index contributed by atoms with van der Waals surface area (Å²) in [5, 5.41) is 9.36. The molecule has 0 spiro atoms. The molecule has 0 saturated carbocycles. The summed E-state index contributed by atoms with van der Waals surface area (Å²) in [6.45, 7) is 2.41. The molecule has 166 valence electrons. The number of halogens is 2. The number of amides is 1. The average molecular weight is 441 g/mol. The van der Waals surface area contributed by atoms with E-state index in [-0.39, 0.29) is 23.0 Å². The van der Waals surface area contributed by atoms with E-state index in [1.54, 1.807) is 16.8 Å². The van der Waals surface area contributed by atoms with Crippen LogP contribution in [0.5, 0.6) is 0 Å². The number of carbonyl (C=O) groups excluding carboxylic acids is 1. The van der Waals surface area contributed by atoms with Crippen LogP contribution in [-0.4, -0.2) is 52.6 Å². The molecular formula is C23H21F2N3O4. The van der Waals surface area contributed by atoms with Gasteiger partial charge < -0.3 is 19.5 Å². The fourth-order valence-corrected chi connectivity index (χ4v) is 4.08. The Morgan fingerprint density at radius 1 is 1.16 bits per heavy atom. The lowest BCUT2D eigenvalue weighted by molar-refractivity contribution is -0.129. The lowest BCUT2D eigenvalue weighted by atomic mass is 10.1. The zero-order chi connectivity index (χ0) is 23.2. The van der Waals surface area contributed by atoms with Crippen LogP contribution < -0.4 is 10.3 Å². The largest absolute Gasteiger partial charge is 0.477 e. The van der Waals surface area contributed by atoms with E-state index < -0.39 is 28.6 Å². The normalized spacial score (nSPS) is 15.9. The minimum absolute atomic E-state index is 0.0729. The quantitative estimate of drug-likeness (QED) is 0.673. The number of rotatable bonds is 4. The van der Waals surface area contributed by atoms with Gasteiger partial charge in [-0.05, 0) is 42.8 Å². The Balaban J connectivity index is 1.88. The molecule has 2 aromatic carbocycles. The van der Waals surface area contributed by atoms with E-state index in [9.17, 15) is 23.9 Å². The predicted octanol–water partition coefficient (Wildman–Crippen LogP) is 3.02. The van der Waals surface area contributed by atoms with Gasteiger partial charge in [0.25, 0.3) is 0 Å². The molecule has 32 heavy (non-hydrogen) atoms. The second-order valence-electron chi connectivity index (χ2n) is 7.86. The summed E-state index contributed by atoms with van der Waals surface area (Å²) in [6, 6.07) is 7.79. The number of hydrogen-bond acceptors (Lipinski definition) is 4. The number of aromatic nitrogens is 1. The first kappa shape index (κ1) is 21.5. The number of hydrogen-bond donors (Lipinski definition) is 1. The maximum atomic E-state index is 15.1. The Labute approximate surface area is 182 Å². The summed E-state index contributed by atoms with van der Waals surface area (Å²) < 4.78 is 30.0. The number of anilines is 1. The van der Waals surface area contributed by atoms with E-state index in [0.29, 0.717) is 30.7 Å². The van der Waals surface area contributed by atoms with Crippen LogP contribution in [0.4, 0.5) is 14.5 Å². The lowest BCUT2D eigenvalue weighted by Crippen LogP contribution is -2.37. The summed E-state index contributed by atoms with van der Waals surface area (Å²) in [4.78, 5) is 39.4. The molecule has 1 N–H and O–H groups in total. The molecule has 1 aliphatic heterocycles. The average Bonchev–Trinajstić information content (AvgIpc) is 3.23. The van der Waals surface area contributed by atoms with Crippen molar-refractivity contribution in [3.63, 3.8) is 0 Å². The van der Waals surface area contributed by atoms with Crippen molar-refractivity contribution in [3.05, 3.63) is 70.0 Å². The van der Waals surface area contributed by atoms with Gasteiger partial charge in [-0.25, -0.2) is 13.6 Å². The molecular weight excluding hydrogens is 420 g/mol. The highest BCUT2D eigenvalue weighted by Gasteiger charge is 2.29. The molecule has 4 rings (SSSR count). The van der Waals surface area contributed by atoms with Gasteiger partial charge in [0.05, 0.1) is 17.2 Å². The van der Waals surface area contributed by atoms with Crippen LogP contribution in [-0.2, 0) is 4.79 Å². The van der Waals surface area contributed by atoms with Crippen LogP contribution in [0.1, 0.15) is 23.7 Å². The Morgan fingerprint density at radius 3 is 2.47 bits per heavy atom. The fraction of sp³-hybridized carbons (Fsp3) is 0.261. The summed E-state index contributed by atoms with van der Waals surface area (Å²) in [6.07, 6.45) is 1.83. The van der Waals surface area contributed by atoms with Gasteiger partial charge in [-0.15, -0.1) is 0 Å². The van der Waals surface area contributed by atoms with Crippen molar-refractivity contribution >= 4 is 28.5 Å². The second-order valence-corrected chi connectivity index (χ2v) is 7.86. The van der Waals surface area contributed by atoms with E-state index in [0.717, 1.165) is 12.3 Å². The number of aromatic carboxylic acids is 1. The van der Waals surface area contributed by atoms with Gasteiger partial charge >= 0.3 is 5.97 Å². The molecule has 2 heterocycles. The first-order valence-electron chi connectivity index (χ1n) is 10.0. The number of carboxylic acid groups (broad SMARTS) is 1. The van der Waals surface area contributed by atoms with Crippen molar-refractivity contribution < 1.29 is 23.5 Å². The van der Waals surface area contributed by atoms with Gasteiger partial charge in [0.2, 0.25) is 11.3 Å². The van der Waals surface area contributed by atoms with Crippen LogP contribution in [0.15, 0.2) is 47.4 Å². The van der Waals surface area contributed by atoms with Gasteiger partial charge in [0, 0.05) is 44.3 Å². The first-order valence-corrected chi connectivity index (χ1v) is 10.0. The van der Waals surface area contributed by atoms with Gasteiger partial charge in [-0.1, -0.05) is 0 Å². The third-order valence-electron chi connectivity index (χ3n) is 5.96. The Hall–Kier alpha value is -3.75. The highest BCUT2D eigenvalue weighted by atomic mass is 19.1. The van der Waals surface area contributed by atoms with Gasteiger partial charge in [0.15, 0.2) is 0 Å². The van der Waals surface area contributed by atoms with Crippen LogP contribution in [0, 0.1) is 11.6 Å². The second kappa shape index (κ2) is 8.07. The maximum Gasteiger partial charge on any atom is 0.341 e. The highest BCUT2D eigenvalue weighted by Crippen LogP contribution is 2.30. The topological polar surface area (TPSA) is 82.8 Å². The molecule has 9 heteroatoms. The molecule has 1 fully saturated rings. The van der Waals surface area contributed by atoms with Crippen LogP contribution >= 0.6 is 0 Å². The number of carboxylic acids is 1. The number of nitrogens with zero attached hydrogens (tertiary/aromatic N) is 3. The van der Waals surface area contributed by atoms with Crippen molar-refractivity contribution in [2.24, 2.45) is 0 Å². The van der Waals surface area contributed by atoms with E-state index >= 15 is 4.39 Å². The number of pyridine rings is 1. The molecule has 1 atom stereocenters. The standard InChI is InChI=1S/C23H21F2N3O4/c1-13(29)26(2)16-7-8-27(11-16)21-10-20-17(9-19(21)25)22(30)18(23(31)32)12-28(20)15-5-3-14(24)4-6-15/h3-6,9-10,12,16H,7-8,11H2,1-2H3,(H,31,32). The first-order chi connectivity index (χ1) is 15.2. The Morgan fingerprint density at radius 2 is 1.84 bits per heavy atom. The van der Waals surface area contributed by atoms with Crippen molar-refractivity contribution in [3.8, 4) is 5.69 Å². The smallest absolute Gasteiger partial charge is 0.341 e. The monoisotopic (exact) mass is 441 g/mol. The minimum atomic E-state index is -1.44. The minimum Gasteiger partial charge on any atom is -0.477 e. The summed E-state index contributed by atoms with van der Waals surface area (Å²) >= 11 is 0. The molecule has 7 nitrogen and oxygen atoms in total. The van der Waals surface area contributed by atoms with E-state index in [2.05, 4.69) is 0 Å². The Kier molecular flexibility index (Phi) is 5.41. The third-order valence-corrected chi connectivity index (χ3v) is 5.96. The number of benzene rings is 2. The fourth-order valence-electron chi connectivity index (χ4n) is 4.08. The summed E-state index contributed by atoms with van der Waals surface area (Å²) in [5.74, 6) is -2.65. The molecule has 3 aromatic rings. The SMILES string of the molecule is CC(=O)N(C)C1CCN(c2cc3c(cc2F)c(=O)c(C(=O)O)cn3-c2ccc(F)cc2)C1. The zero-order valence-electron chi connectivity index (χ0n) is 17.5.